The van der Waals surface area contributed by atoms with Crippen molar-refractivity contribution in [2.24, 2.45) is 5.92 Å². The lowest BCUT2D eigenvalue weighted by Gasteiger charge is -2.34. The Morgan fingerprint density at radius 1 is 1.04 bits per heavy atom. The number of rotatable bonds is 5. The fraction of sp³-hybridized carbons (Fsp3) is 0.350. The molecular formula is C20H24N2O2. The minimum absolute atomic E-state index is 0.0169. The van der Waals surface area contributed by atoms with Crippen molar-refractivity contribution in [3.63, 3.8) is 0 Å². The number of benzene rings is 2. The van der Waals surface area contributed by atoms with Gasteiger partial charge >= 0.3 is 0 Å². The average molecular weight is 324 g/mol. The summed E-state index contributed by atoms with van der Waals surface area (Å²) in [5.41, 5.74) is 1.81. The molecule has 0 bridgehead atoms. The first kappa shape index (κ1) is 16.7. The molecule has 3 rings (SSSR count). The lowest BCUT2D eigenvalue weighted by atomic mass is 9.87. The highest BCUT2D eigenvalue weighted by Gasteiger charge is 2.26. The van der Waals surface area contributed by atoms with E-state index in [1.807, 2.05) is 60.7 Å². The molecular weight excluding hydrogens is 300 g/mol. The number of hydrogen-bond acceptors (Lipinski definition) is 3. The largest absolute Gasteiger partial charge is 0.388 e. The summed E-state index contributed by atoms with van der Waals surface area (Å²) in [5, 5.41) is 13.4. The van der Waals surface area contributed by atoms with Gasteiger partial charge in [0.2, 0.25) is 5.91 Å². The zero-order valence-electron chi connectivity index (χ0n) is 13.8. The van der Waals surface area contributed by atoms with Crippen molar-refractivity contribution in [1.29, 1.82) is 0 Å². The van der Waals surface area contributed by atoms with Crippen LogP contribution in [-0.4, -0.2) is 35.5 Å². The second-order valence-corrected chi connectivity index (χ2v) is 6.38. The average Bonchev–Trinajstić information content (AvgIpc) is 2.63. The number of aliphatic hydroxyl groups excluding tert-OH is 1. The lowest BCUT2D eigenvalue weighted by molar-refractivity contribution is -0.117. The first-order valence-electron chi connectivity index (χ1n) is 8.52. The maximum atomic E-state index is 12.1. The Kier molecular flexibility index (Phi) is 5.62. The Bertz CT molecular complexity index is 637. The molecule has 1 fully saturated rings. The Balaban J connectivity index is 1.46. The minimum Gasteiger partial charge on any atom is -0.388 e. The summed E-state index contributed by atoms with van der Waals surface area (Å²) in [7, 11) is 0. The molecule has 4 nitrogen and oxygen atoms in total. The van der Waals surface area contributed by atoms with Crippen LogP contribution in [0.25, 0.3) is 0 Å². The van der Waals surface area contributed by atoms with Crippen molar-refractivity contribution >= 4 is 11.6 Å². The fourth-order valence-electron chi connectivity index (χ4n) is 3.27. The Morgan fingerprint density at radius 2 is 1.62 bits per heavy atom. The third kappa shape index (κ3) is 4.43. The van der Waals surface area contributed by atoms with Crippen LogP contribution in [0.2, 0.25) is 0 Å². The third-order valence-corrected chi connectivity index (χ3v) is 4.64. The van der Waals surface area contributed by atoms with Gasteiger partial charge in [-0.15, -0.1) is 0 Å². The summed E-state index contributed by atoms with van der Waals surface area (Å²) < 4.78 is 0. The predicted molar refractivity (Wildman–Crippen MR) is 95.6 cm³/mol. The second-order valence-electron chi connectivity index (χ2n) is 6.38. The molecule has 0 saturated carbocycles. The van der Waals surface area contributed by atoms with Crippen LogP contribution in [0.4, 0.5) is 5.69 Å². The topological polar surface area (TPSA) is 52.6 Å². The van der Waals surface area contributed by atoms with Gasteiger partial charge in [-0.2, -0.15) is 0 Å². The maximum Gasteiger partial charge on any atom is 0.238 e. The number of carbonyl (C=O) groups excluding carboxylic acids is 1. The van der Waals surface area contributed by atoms with Gasteiger partial charge in [-0.3, -0.25) is 9.69 Å². The van der Waals surface area contributed by atoms with E-state index in [1.165, 1.54) is 0 Å². The van der Waals surface area contributed by atoms with Gasteiger partial charge in [0, 0.05) is 5.69 Å². The van der Waals surface area contributed by atoms with Gasteiger partial charge in [-0.1, -0.05) is 48.5 Å². The number of aliphatic hydroxyl groups is 1. The van der Waals surface area contributed by atoms with Crippen LogP contribution < -0.4 is 5.32 Å². The van der Waals surface area contributed by atoms with Gasteiger partial charge in [0.05, 0.1) is 12.6 Å². The number of nitrogens with one attached hydrogen (secondary N) is 1. The molecule has 1 aliphatic heterocycles. The molecule has 2 aromatic rings. The highest BCUT2D eigenvalue weighted by atomic mass is 16.3. The molecule has 126 valence electrons. The van der Waals surface area contributed by atoms with Gasteiger partial charge in [-0.25, -0.2) is 0 Å². The zero-order chi connectivity index (χ0) is 16.8. The molecule has 1 amide bonds. The van der Waals surface area contributed by atoms with E-state index < -0.39 is 6.10 Å². The lowest BCUT2D eigenvalue weighted by Crippen LogP contribution is -2.40. The smallest absolute Gasteiger partial charge is 0.238 e. The van der Waals surface area contributed by atoms with Crippen molar-refractivity contribution in [3.05, 3.63) is 66.2 Å². The SMILES string of the molecule is O=C(CN1CCC(C(O)c2ccccc2)CC1)Nc1ccccc1. The maximum absolute atomic E-state index is 12.1. The summed E-state index contributed by atoms with van der Waals surface area (Å²) in [6, 6.07) is 19.4. The quantitative estimate of drug-likeness (QED) is 0.889. The normalized spacial score (nSPS) is 17.4. The van der Waals surface area contributed by atoms with E-state index in [0.717, 1.165) is 37.2 Å². The first-order valence-corrected chi connectivity index (χ1v) is 8.52. The summed E-state index contributed by atoms with van der Waals surface area (Å²) in [6.45, 7) is 2.09. The van der Waals surface area contributed by atoms with Crippen LogP contribution in [0.5, 0.6) is 0 Å². The van der Waals surface area contributed by atoms with E-state index in [0.29, 0.717) is 6.54 Å². The number of nitrogens with zero attached hydrogens (tertiary/aromatic N) is 1. The molecule has 4 heteroatoms. The van der Waals surface area contributed by atoms with E-state index in [4.69, 9.17) is 0 Å². The molecule has 0 spiro atoms. The number of likely N-dealkylation sites (tertiary alicyclic amines) is 1. The number of carbonyl (C=O) groups is 1. The molecule has 1 atom stereocenters. The van der Waals surface area contributed by atoms with Gasteiger partial charge in [0.15, 0.2) is 0 Å². The minimum atomic E-state index is -0.411. The monoisotopic (exact) mass is 324 g/mol. The van der Waals surface area contributed by atoms with Gasteiger partial charge in [-0.05, 0) is 49.5 Å². The molecule has 1 heterocycles. The van der Waals surface area contributed by atoms with Crippen molar-refractivity contribution in [2.45, 2.75) is 18.9 Å². The number of amides is 1. The summed E-state index contributed by atoms with van der Waals surface area (Å²) in [6.07, 6.45) is 1.41. The molecule has 1 aliphatic rings. The molecule has 2 aromatic carbocycles. The Morgan fingerprint density at radius 3 is 2.25 bits per heavy atom. The van der Waals surface area contributed by atoms with Gasteiger partial charge in [0.25, 0.3) is 0 Å². The Labute approximate surface area is 143 Å². The number of piperidine rings is 1. The van der Waals surface area contributed by atoms with E-state index in [1.54, 1.807) is 0 Å². The highest BCUT2D eigenvalue weighted by molar-refractivity contribution is 5.92. The molecule has 1 unspecified atom stereocenters. The number of hydrogen-bond donors (Lipinski definition) is 2. The van der Waals surface area contributed by atoms with E-state index >= 15 is 0 Å². The first-order chi connectivity index (χ1) is 11.7. The Hall–Kier alpha value is -2.17. The predicted octanol–water partition coefficient (Wildman–Crippen LogP) is 3.07. The van der Waals surface area contributed by atoms with Crippen LogP contribution in [0.1, 0.15) is 24.5 Å². The molecule has 0 radical (unpaired) electrons. The van der Waals surface area contributed by atoms with Crippen LogP contribution in [0, 0.1) is 5.92 Å². The van der Waals surface area contributed by atoms with Crippen LogP contribution in [0.3, 0.4) is 0 Å². The number of anilines is 1. The van der Waals surface area contributed by atoms with Crippen LogP contribution in [0.15, 0.2) is 60.7 Å². The van der Waals surface area contributed by atoms with Gasteiger partial charge < -0.3 is 10.4 Å². The van der Waals surface area contributed by atoms with Crippen LogP contribution >= 0.6 is 0 Å². The van der Waals surface area contributed by atoms with E-state index in [-0.39, 0.29) is 11.8 Å². The van der Waals surface area contributed by atoms with Crippen molar-refractivity contribution in [2.75, 3.05) is 25.0 Å². The number of para-hydroxylation sites is 1. The molecule has 0 aliphatic carbocycles. The molecule has 24 heavy (non-hydrogen) atoms. The van der Waals surface area contributed by atoms with E-state index in [9.17, 15) is 9.90 Å². The second kappa shape index (κ2) is 8.08. The highest BCUT2D eigenvalue weighted by Crippen LogP contribution is 2.30. The third-order valence-electron chi connectivity index (χ3n) is 4.64. The van der Waals surface area contributed by atoms with Crippen molar-refractivity contribution in [3.8, 4) is 0 Å². The van der Waals surface area contributed by atoms with Gasteiger partial charge in [0.1, 0.15) is 0 Å². The molecule has 1 saturated heterocycles. The summed E-state index contributed by atoms with van der Waals surface area (Å²) in [5.74, 6) is 0.282. The summed E-state index contributed by atoms with van der Waals surface area (Å²) in [4.78, 5) is 14.3. The van der Waals surface area contributed by atoms with Crippen molar-refractivity contribution in [1.82, 2.24) is 4.90 Å². The van der Waals surface area contributed by atoms with E-state index in [2.05, 4.69) is 10.2 Å². The van der Waals surface area contributed by atoms with Crippen LogP contribution in [-0.2, 0) is 4.79 Å². The zero-order valence-corrected chi connectivity index (χ0v) is 13.8. The standard InChI is InChI=1S/C20H24N2O2/c23-19(21-18-9-5-2-6-10-18)15-22-13-11-17(12-14-22)20(24)16-7-3-1-4-8-16/h1-10,17,20,24H,11-15H2,(H,21,23). The molecule has 0 aromatic heterocycles. The fourth-order valence-corrected chi connectivity index (χ4v) is 3.27. The molecule has 2 N–H and O–H groups in total. The van der Waals surface area contributed by atoms with Crippen molar-refractivity contribution < 1.29 is 9.90 Å². The summed E-state index contributed by atoms with van der Waals surface area (Å²) >= 11 is 0.